The summed E-state index contributed by atoms with van der Waals surface area (Å²) in [7, 11) is 0. The lowest BCUT2D eigenvalue weighted by Crippen LogP contribution is -2.49. The molecule has 3 heterocycles. The lowest BCUT2D eigenvalue weighted by Gasteiger charge is -2.35. The van der Waals surface area contributed by atoms with Gasteiger partial charge >= 0.3 is 0 Å². The second-order valence-corrected chi connectivity index (χ2v) is 6.93. The number of thiazole rings is 1. The number of aromatic nitrogens is 2. The molecule has 0 bridgehead atoms. The molecule has 124 valence electrons. The molecule has 0 aromatic carbocycles. The van der Waals surface area contributed by atoms with Crippen molar-refractivity contribution in [3.05, 3.63) is 33.7 Å². The predicted octanol–water partition coefficient (Wildman–Crippen LogP) is 1.45. The van der Waals surface area contributed by atoms with Crippen LogP contribution in [0.3, 0.4) is 0 Å². The average molecular weight is 334 g/mol. The molecule has 23 heavy (non-hydrogen) atoms. The molecule has 0 N–H and O–H groups in total. The van der Waals surface area contributed by atoms with E-state index in [-0.39, 0.29) is 17.4 Å². The number of carbonyl (C=O) groups excluding carboxylic acids is 1. The zero-order valence-electron chi connectivity index (χ0n) is 13.6. The van der Waals surface area contributed by atoms with Crippen LogP contribution in [0.15, 0.2) is 22.4 Å². The summed E-state index contributed by atoms with van der Waals surface area (Å²) in [5.41, 5.74) is 0.774. The van der Waals surface area contributed by atoms with Crippen molar-refractivity contribution >= 4 is 22.2 Å². The van der Waals surface area contributed by atoms with E-state index in [1.165, 1.54) is 11.3 Å². The molecule has 1 aliphatic heterocycles. The Kier molecular flexibility index (Phi) is 4.77. The van der Waals surface area contributed by atoms with Gasteiger partial charge in [0, 0.05) is 56.3 Å². The van der Waals surface area contributed by atoms with Crippen molar-refractivity contribution in [2.75, 3.05) is 26.2 Å². The molecule has 3 rings (SSSR count). The molecule has 2 aromatic heterocycles. The Morgan fingerprint density at radius 2 is 2.09 bits per heavy atom. The molecule has 0 saturated carbocycles. The Labute approximate surface area is 139 Å². The summed E-state index contributed by atoms with van der Waals surface area (Å²) in [6, 6.07) is 1.61. The molecule has 0 aliphatic carbocycles. The Hall–Kier alpha value is -1.73. The van der Waals surface area contributed by atoms with Gasteiger partial charge in [-0.3, -0.25) is 18.9 Å². The molecule has 6 nitrogen and oxygen atoms in total. The minimum Gasteiger partial charge on any atom is -0.340 e. The topological polar surface area (TPSA) is 57.9 Å². The van der Waals surface area contributed by atoms with Crippen molar-refractivity contribution < 1.29 is 4.79 Å². The Morgan fingerprint density at radius 3 is 2.78 bits per heavy atom. The zero-order chi connectivity index (χ0) is 16.4. The smallest absolute Gasteiger partial charge is 0.258 e. The van der Waals surface area contributed by atoms with Crippen LogP contribution in [0.4, 0.5) is 0 Å². The molecule has 2 aromatic rings. The van der Waals surface area contributed by atoms with Gasteiger partial charge < -0.3 is 4.90 Å². The third kappa shape index (κ3) is 3.45. The molecule has 7 heteroatoms. The van der Waals surface area contributed by atoms with E-state index in [1.807, 2.05) is 24.1 Å². The summed E-state index contributed by atoms with van der Waals surface area (Å²) in [6.07, 6.45) is 2.63. The molecular formula is C16H22N4O2S. The molecular weight excluding hydrogens is 312 g/mol. The van der Waals surface area contributed by atoms with E-state index in [9.17, 15) is 9.59 Å². The van der Waals surface area contributed by atoms with Gasteiger partial charge in [0.1, 0.15) is 0 Å². The maximum Gasteiger partial charge on any atom is 0.258 e. The van der Waals surface area contributed by atoms with Crippen molar-refractivity contribution in [2.24, 2.45) is 5.92 Å². The Balaban J connectivity index is 1.62. The van der Waals surface area contributed by atoms with Crippen LogP contribution in [-0.2, 0) is 11.3 Å². The highest BCUT2D eigenvalue weighted by Gasteiger charge is 2.24. The second-order valence-electron chi connectivity index (χ2n) is 6.05. The van der Waals surface area contributed by atoms with Crippen LogP contribution >= 0.6 is 11.3 Å². The number of hydrogen-bond donors (Lipinski definition) is 0. The quantitative estimate of drug-likeness (QED) is 0.849. The average Bonchev–Trinajstić information content (AvgIpc) is 3.03. The number of fused-ring (bicyclic) bond motifs is 1. The van der Waals surface area contributed by atoms with Crippen LogP contribution in [0.1, 0.15) is 26.0 Å². The van der Waals surface area contributed by atoms with Crippen LogP contribution in [-0.4, -0.2) is 51.3 Å². The Morgan fingerprint density at radius 1 is 1.35 bits per heavy atom. The fourth-order valence-electron chi connectivity index (χ4n) is 2.81. The van der Waals surface area contributed by atoms with Gasteiger partial charge in [-0.25, -0.2) is 4.98 Å². The van der Waals surface area contributed by atoms with Gasteiger partial charge in [-0.15, -0.1) is 11.3 Å². The highest BCUT2D eigenvalue weighted by Crippen LogP contribution is 2.12. The van der Waals surface area contributed by atoms with Crippen LogP contribution in [0.2, 0.25) is 0 Å². The fraction of sp³-hybridized carbons (Fsp3) is 0.562. The second kappa shape index (κ2) is 6.80. The van der Waals surface area contributed by atoms with E-state index >= 15 is 0 Å². The van der Waals surface area contributed by atoms with E-state index in [0.717, 1.165) is 43.3 Å². The van der Waals surface area contributed by atoms with Crippen molar-refractivity contribution in [3.8, 4) is 0 Å². The van der Waals surface area contributed by atoms with E-state index < -0.39 is 0 Å². The number of nitrogens with zero attached hydrogens (tertiary/aromatic N) is 4. The normalized spacial score (nSPS) is 17.6. The van der Waals surface area contributed by atoms with Gasteiger partial charge in [0.15, 0.2) is 4.96 Å². The summed E-state index contributed by atoms with van der Waals surface area (Å²) in [5.74, 6) is 0.355. The first-order valence-electron chi connectivity index (χ1n) is 8.05. The summed E-state index contributed by atoms with van der Waals surface area (Å²) in [6.45, 7) is 7.86. The van der Waals surface area contributed by atoms with Gasteiger partial charge in [-0.2, -0.15) is 0 Å². The molecule has 0 radical (unpaired) electrons. The SMILES string of the molecule is CCC(C)C(=O)N1CCN(Cc2cc(=O)n3ccsc3n2)CC1. The van der Waals surface area contributed by atoms with Crippen LogP contribution in [0.25, 0.3) is 4.96 Å². The first kappa shape index (κ1) is 16.1. The van der Waals surface area contributed by atoms with Crippen molar-refractivity contribution in [2.45, 2.75) is 26.8 Å². The summed E-state index contributed by atoms with van der Waals surface area (Å²) >= 11 is 1.47. The number of carbonyl (C=O) groups is 1. The lowest BCUT2D eigenvalue weighted by molar-refractivity contribution is -0.136. The summed E-state index contributed by atoms with van der Waals surface area (Å²) in [4.78, 5) is 33.7. The molecule has 1 fully saturated rings. The standard InChI is InChI=1S/C16H22N4O2S/c1-3-12(2)15(22)19-6-4-18(5-7-19)11-13-10-14(21)20-8-9-23-16(20)17-13/h8-10,12H,3-7,11H2,1-2H3. The number of hydrogen-bond acceptors (Lipinski definition) is 5. The summed E-state index contributed by atoms with van der Waals surface area (Å²) in [5, 5.41) is 1.87. The molecule has 1 aliphatic rings. The van der Waals surface area contributed by atoms with Gasteiger partial charge in [-0.1, -0.05) is 13.8 Å². The number of amides is 1. The molecule has 1 amide bonds. The van der Waals surface area contributed by atoms with E-state index in [1.54, 1.807) is 16.7 Å². The van der Waals surface area contributed by atoms with Gasteiger partial charge in [-0.05, 0) is 6.42 Å². The van der Waals surface area contributed by atoms with Crippen LogP contribution in [0, 0.1) is 5.92 Å². The van der Waals surface area contributed by atoms with Gasteiger partial charge in [0.2, 0.25) is 5.91 Å². The van der Waals surface area contributed by atoms with E-state index in [2.05, 4.69) is 9.88 Å². The van der Waals surface area contributed by atoms with Gasteiger partial charge in [0.25, 0.3) is 5.56 Å². The molecule has 0 spiro atoms. The first-order valence-corrected chi connectivity index (χ1v) is 8.93. The van der Waals surface area contributed by atoms with Crippen molar-refractivity contribution in [3.63, 3.8) is 0 Å². The predicted molar refractivity (Wildman–Crippen MR) is 90.7 cm³/mol. The highest BCUT2D eigenvalue weighted by atomic mass is 32.1. The lowest BCUT2D eigenvalue weighted by atomic mass is 10.1. The third-order valence-corrected chi connectivity index (χ3v) is 5.22. The first-order chi connectivity index (χ1) is 11.1. The van der Waals surface area contributed by atoms with Crippen LogP contribution in [0.5, 0.6) is 0 Å². The molecule has 1 saturated heterocycles. The maximum absolute atomic E-state index is 12.2. The van der Waals surface area contributed by atoms with E-state index in [4.69, 9.17) is 0 Å². The van der Waals surface area contributed by atoms with Crippen molar-refractivity contribution in [1.82, 2.24) is 19.2 Å². The molecule has 1 atom stereocenters. The largest absolute Gasteiger partial charge is 0.340 e. The zero-order valence-corrected chi connectivity index (χ0v) is 14.4. The number of rotatable bonds is 4. The van der Waals surface area contributed by atoms with E-state index in [0.29, 0.717) is 6.54 Å². The third-order valence-electron chi connectivity index (χ3n) is 4.46. The fourth-order valence-corrected chi connectivity index (χ4v) is 3.55. The van der Waals surface area contributed by atoms with Crippen molar-refractivity contribution in [1.29, 1.82) is 0 Å². The molecule has 1 unspecified atom stereocenters. The Bertz CT molecular complexity index is 746. The highest BCUT2D eigenvalue weighted by molar-refractivity contribution is 7.15. The summed E-state index contributed by atoms with van der Waals surface area (Å²) < 4.78 is 1.57. The minimum atomic E-state index is -0.0307. The monoisotopic (exact) mass is 334 g/mol. The van der Waals surface area contributed by atoms with Crippen LogP contribution < -0.4 is 5.56 Å². The number of piperazine rings is 1. The van der Waals surface area contributed by atoms with Gasteiger partial charge in [0.05, 0.1) is 5.69 Å². The minimum absolute atomic E-state index is 0.0307. The maximum atomic E-state index is 12.2.